The van der Waals surface area contributed by atoms with Gasteiger partial charge in [0.2, 0.25) is 0 Å². The van der Waals surface area contributed by atoms with Crippen LogP contribution in [-0.4, -0.2) is 23.5 Å². The molecule has 0 amide bonds. The minimum atomic E-state index is 0.640. The molecule has 1 N–H and O–H groups in total. The Hall–Kier alpha value is -0.180. The molecule has 2 nitrogen and oxygen atoms in total. The normalized spacial score (nSPS) is 29.6. The van der Waals surface area contributed by atoms with Gasteiger partial charge in [0.25, 0.3) is 0 Å². The second kappa shape index (κ2) is 6.67. The number of nitrogens with zero attached hydrogens (tertiary/aromatic N) is 1. The number of amidine groups is 1. The average Bonchev–Trinajstić information content (AvgIpc) is 2.38. The lowest BCUT2D eigenvalue weighted by Gasteiger charge is -2.29. The van der Waals surface area contributed by atoms with Gasteiger partial charge in [-0.2, -0.15) is 0 Å². The van der Waals surface area contributed by atoms with Crippen LogP contribution >= 0.6 is 11.8 Å². The third kappa shape index (κ3) is 4.20. The van der Waals surface area contributed by atoms with E-state index in [9.17, 15) is 0 Å². The van der Waals surface area contributed by atoms with Crippen molar-refractivity contribution in [1.82, 2.24) is 5.32 Å². The van der Waals surface area contributed by atoms with Crippen molar-refractivity contribution in [2.24, 2.45) is 16.8 Å². The number of hydrogen-bond acceptors (Lipinski definition) is 2. The summed E-state index contributed by atoms with van der Waals surface area (Å²) in [6, 6.07) is 0.640. The Bertz CT molecular complexity index is 257. The van der Waals surface area contributed by atoms with Crippen LogP contribution in [0.2, 0.25) is 0 Å². The largest absolute Gasteiger partial charge is 0.362 e. The molecule has 0 bridgehead atoms. The highest BCUT2D eigenvalue weighted by molar-refractivity contribution is 8.13. The summed E-state index contributed by atoms with van der Waals surface area (Å²) in [5.74, 6) is 2.81. The van der Waals surface area contributed by atoms with Crippen molar-refractivity contribution < 1.29 is 0 Å². The predicted octanol–water partition coefficient (Wildman–Crippen LogP) is 3.67. The minimum Gasteiger partial charge on any atom is -0.362 e. The fraction of sp³-hybridized carbons (Fsp3) is 0.929. The van der Waals surface area contributed by atoms with E-state index in [4.69, 9.17) is 4.99 Å². The molecule has 0 aromatic carbocycles. The SMILES string of the molecule is CC(C)C1CCSC(=NCC2CCCCC2)N1. The lowest BCUT2D eigenvalue weighted by atomic mass is 9.89. The zero-order chi connectivity index (χ0) is 12.1. The number of rotatable bonds is 3. The van der Waals surface area contributed by atoms with Crippen LogP contribution in [0.15, 0.2) is 4.99 Å². The van der Waals surface area contributed by atoms with E-state index in [-0.39, 0.29) is 0 Å². The fourth-order valence-electron chi connectivity index (χ4n) is 2.73. The Morgan fingerprint density at radius 2 is 2.00 bits per heavy atom. The highest BCUT2D eigenvalue weighted by Crippen LogP contribution is 2.25. The quantitative estimate of drug-likeness (QED) is 0.831. The van der Waals surface area contributed by atoms with Crippen LogP contribution in [-0.2, 0) is 0 Å². The van der Waals surface area contributed by atoms with E-state index >= 15 is 0 Å². The maximum absolute atomic E-state index is 4.81. The van der Waals surface area contributed by atoms with Crippen molar-refractivity contribution in [1.29, 1.82) is 0 Å². The highest BCUT2D eigenvalue weighted by Gasteiger charge is 2.20. The molecular weight excluding hydrogens is 228 g/mol. The van der Waals surface area contributed by atoms with E-state index in [2.05, 4.69) is 19.2 Å². The molecule has 2 rings (SSSR count). The first-order valence-electron chi connectivity index (χ1n) is 7.19. The third-order valence-corrected chi connectivity index (χ3v) is 4.96. The van der Waals surface area contributed by atoms with Gasteiger partial charge in [-0.05, 0) is 31.1 Å². The molecular formula is C14H26N2S. The van der Waals surface area contributed by atoms with E-state index in [0.717, 1.165) is 18.4 Å². The molecule has 1 saturated carbocycles. The van der Waals surface area contributed by atoms with E-state index in [1.807, 2.05) is 11.8 Å². The first-order chi connectivity index (χ1) is 8.25. The van der Waals surface area contributed by atoms with Gasteiger partial charge >= 0.3 is 0 Å². The van der Waals surface area contributed by atoms with E-state index < -0.39 is 0 Å². The molecule has 1 aliphatic heterocycles. The van der Waals surface area contributed by atoms with Crippen molar-refractivity contribution in [2.45, 2.75) is 58.4 Å². The molecule has 0 aromatic rings. The average molecular weight is 254 g/mol. The van der Waals surface area contributed by atoms with E-state index in [1.165, 1.54) is 49.4 Å². The Kier molecular flexibility index (Phi) is 5.20. The second-order valence-corrected chi connectivity index (χ2v) is 6.87. The molecule has 2 aliphatic rings. The summed E-state index contributed by atoms with van der Waals surface area (Å²) in [5, 5.41) is 4.81. The standard InChI is InChI=1S/C14H26N2S/c1-11(2)13-8-9-17-14(16-13)15-10-12-6-4-3-5-7-12/h11-13H,3-10H2,1-2H3,(H,15,16). The van der Waals surface area contributed by atoms with Crippen LogP contribution in [0.1, 0.15) is 52.4 Å². The summed E-state index contributed by atoms with van der Waals surface area (Å²) in [6.07, 6.45) is 8.36. The molecule has 1 atom stereocenters. The lowest BCUT2D eigenvalue weighted by Crippen LogP contribution is -2.41. The van der Waals surface area contributed by atoms with Crippen molar-refractivity contribution in [3.05, 3.63) is 0 Å². The Morgan fingerprint density at radius 1 is 1.24 bits per heavy atom. The van der Waals surface area contributed by atoms with Gasteiger partial charge in [0.1, 0.15) is 0 Å². The molecule has 1 heterocycles. The number of thioether (sulfide) groups is 1. The molecule has 98 valence electrons. The highest BCUT2D eigenvalue weighted by atomic mass is 32.2. The molecule has 1 aliphatic carbocycles. The lowest BCUT2D eigenvalue weighted by molar-refractivity contribution is 0.366. The number of aliphatic imine (C=N–C) groups is 1. The fourth-order valence-corrected chi connectivity index (χ4v) is 3.69. The van der Waals surface area contributed by atoms with Crippen LogP contribution in [0.4, 0.5) is 0 Å². The molecule has 17 heavy (non-hydrogen) atoms. The number of nitrogens with one attached hydrogen (secondary N) is 1. The molecule has 3 heteroatoms. The van der Waals surface area contributed by atoms with Crippen LogP contribution in [0.25, 0.3) is 0 Å². The summed E-state index contributed by atoms with van der Waals surface area (Å²) in [7, 11) is 0. The zero-order valence-corrected chi connectivity index (χ0v) is 12.1. The Balaban J connectivity index is 1.79. The summed E-state index contributed by atoms with van der Waals surface area (Å²) in [4.78, 5) is 4.81. The summed E-state index contributed by atoms with van der Waals surface area (Å²) >= 11 is 1.91. The molecule has 0 aromatic heterocycles. The molecule has 1 unspecified atom stereocenters. The monoisotopic (exact) mass is 254 g/mol. The second-order valence-electron chi connectivity index (χ2n) is 5.78. The summed E-state index contributed by atoms with van der Waals surface area (Å²) < 4.78 is 0. The maximum Gasteiger partial charge on any atom is 0.156 e. The summed E-state index contributed by atoms with van der Waals surface area (Å²) in [6.45, 7) is 5.65. The summed E-state index contributed by atoms with van der Waals surface area (Å²) in [5.41, 5.74) is 0. The first kappa shape index (κ1) is 13.3. The van der Waals surface area contributed by atoms with Gasteiger partial charge in [-0.25, -0.2) is 0 Å². The van der Waals surface area contributed by atoms with E-state index in [1.54, 1.807) is 0 Å². The van der Waals surface area contributed by atoms with Gasteiger partial charge in [0, 0.05) is 18.3 Å². The van der Waals surface area contributed by atoms with Gasteiger partial charge in [-0.1, -0.05) is 44.9 Å². The predicted molar refractivity (Wildman–Crippen MR) is 77.7 cm³/mol. The maximum atomic E-state index is 4.81. The molecule has 2 fully saturated rings. The smallest absolute Gasteiger partial charge is 0.156 e. The van der Waals surface area contributed by atoms with Crippen molar-refractivity contribution >= 4 is 16.9 Å². The number of hydrogen-bond donors (Lipinski definition) is 1. The minimum absolute atomic E-state index is 0.640. The van der Waals surface area contributed by atoms with Gasteiger partial charge in [0.05, 0.1) is 0 Å². The van der Waals surface area contributed by atoms with Gasteiger partial charge in [-0.15, -0.1) is 0 Å². The van der Waals surface area contributed by atoms with Gasteiger partial charge in [0.15, 0.2) is 5.17 Å². The van der Waals surface area contributed by atoms with E-state index in [0.29, 0.717) is 6.04 Å². The first-order valence-corrected chi connectivity index (χ1v) is 8.18. The van der Waals surface area contributed by atoms with Crippen molar-refractivity contribution in [3.8, 4) is 0 Å². The zero-order valence-electron chi connectivity index (χ0n) is 11.2. The van der Waals surface area contributed by atoms with Gasteiger partial charge in [-0.3, -0.25) is 4.99 Å². The Labute approximate surface area is 110 Å². The molecule has 0 spiro atoms. The van der Waals surface area contributed by atoms with Crippen molar-refractivity contribution in [2.75, 3.05) is 12.3 Å². The Morgan fingerprint density at radius 3 is 2.71 bits per heavy atom. The van der Waals surface area contributed by atoms with Crippen LogP contribution in [0.3, 0.4) is 0 Å². The van der Waals surface area contributed by atoms with Crippen LogP contribution < -0.4 is 5.32 Å². The molecule has 1 saturated heterocycles. The molecule has 0 radical (unpaired) electrons. The van der Waals surface area contributed by atoms with Crippen molar-refractivity contribution in [3.63, 3.8) is 0 Å². The third-order valence-electron chi connectivity index (χ3n) is 4.00. The van der Waals surface area contributed by atoms with Crippen LogP contribution in [0.5, 0.6) is 0 Å². The van der Waals surface area contributed by atoms with Gasteiger partial charge < -0.3 is 5.32 Å². The topological polar surface area (TPSA) is 24.4 Å². The van der Waals surface area contributed by atoms with Crippen LogP contribution in [0, 0.1) is 11.8 Å².